The van der Waals surface area contributed by atoms with E-state index in [0.29, 0.717) is 6.54 Å². The fraction of sp³-hybridized carbons (Fsp3) is 1.00. The van der Waals surface area contributed by atoms with Gasteiger partial charge in [0.1, 0.15) is 0 Å². The summed E-state index contributed by atoms with van der Waals surface area (Å²) >= 11 is 0. The van der Waals surface area contributed by atoms with E-state index in [1.165, 1.54) is 6.26 Å². The highest BCUT2D eigenvalue weighted by Crippen LogP contribution is 2.23. The Morgan fingerprint density at radius 3 is 2.32 bits per heavy atom. The molecule has 0 aromatic rings. The van der Waals surface area contributed by atoms with Crippen molar-refractivity contribution in [3.8, 4) is 0 Å². The lowest BCUT2D eigenvalue weighted by Gasteiger charge is -2.38. The number of hydrogen-bond donors (Lipinski definition) is 1. The van der Waals surface area contributed by atoms with Crippen molar-refractivity contribution < 1.29 is 8.42 Å². The molecule has 0 aromatic heterocycles. The van der Waals surface area contributed by atoms with Gasteiger partial charge in [-0.25, -0.2) is 8.42 Å². The van der Waals surface area contributed by atoms with Crippen LogP contribution in [-0.4, -0.2) is 56.0 Å². The monoisotopic (exact) mass is 290 g/mol. The Morgan fingerprint density at radius 2 is 1.84 bits per heavy atom. The van der Waals surface area contributed by atoms with Crippen LogP contribution in [0.2, 0.25) is 0 Å². The predicted molar refractivity (Wildman–Crippen MR) is 81.3 cm³/mol. The van der Waals surface area contributed by atoms with Crippen LogP contribution in [0.5, 0.6) is 0 Å². The molecule has 0 spiro atoms. The smallest absolute Gasteiger partial charge is 0.153 e. The van der Waals surface area contributed by atoms with Crippen molar-refractivity contribution in [3.63, 3.8) is 0 Å². The third-order valence-electron chi connectivity index (χ3n) is 4.64. The Morgan fingerprint density at radius 1 is 1.26 bits per heavy atom. The lowest BCUT2D eigenvalue weighted by atomic mass is 9.92. The molecule has 0 atom stereocenters. The Bertz CT molecular complexity index is 386. The Balaban J connectivity index is 2.83. The molecule has 0 unspecified atom stereocenters. The zero-order valence-electron chi connectivity index (χ0n) is 13.1. The van der Waals surface area contributed by atoms with E-state index in [4.69, 9.17) is 0 Å². The van der Waals surface area contributed by atoms with E-state index in [9.17, 15) is 8.42 Å². The fourth-order valence-electron chi connectivity index (χ4n) is 2.73. The summed E-state index contributed by atoms with van der Waals surface area (Å²) in [6.45, 7) is 11.7. The Kier molecular flexibility index (Phi) is 5.43. The van der Waals surface area contributed by atoms with E-state index >= 15 is 0 Å². The van der Waals surface area contributed by atoms with E-state index in [0.717, 1.165) is 38.9 Å². The van der Waals surface area contributed by atoms with Gasteiger partial charge in [0, 0.05) is 24.9 Å². The lowest BCUT2D eigenvalue weighted by Crippen LogP contribution is -2.53. The molecule has 1 aliphatic heterocycles. The molecule has 0 aromatic carbocycles. The Labute approximate surface area is 118 Å². The standard InChI is InChI=1S/C14H30N2O2S/c1-6-14(7-2)12-16(10-8-9-15-14)11-13(3,4)19(5,17)18/h15H,6-12H2,1-5H3. The summed E-state index contributed by atoms with van der Waals surface area (Å²) in [7, 11) is -3.03. The number of rotatable bonds is 5. The minimum absolute atomic E-state index is 0.143. The molecule has 19 heavy (non-hydrogen) atoms. The second-order valence-corrected chi connectivity index (χ2v) is 9.16. The molecule has 5 heteroatoms. The van der Waals surface area contributed by atoms with Gasteiger partial charge in [-0.05, 0) is 46.2 Å². The van der Waals surface area contributed by atoms with Crippen LogP contribution in [0.1, 0.15) is 47.0 Å². The minimum atomic E-state index is -3.03. The van der Waals surface area contributed by atoms with Crippen molar-refractivity contribution in [3.05, 3.63) is 0 Å². The van der Waals surface area contributed by atoms with Crippen LogP contribution in [0.3, 0.4) is 0 Å². The summed E-state index contributed by atoms with van der Waals surface area (Å²) in [5, 5.41) is 3.66. The molecular formula is C14H30N2O2S. The van der Waals surface area contributed by atoms with Gasteiger partial charge in [0.15, 0.2) is 9.84 Å². The molecule has 1 rings (SSSR count). The molecular weight excluding hydrogens is 260 g/mol. The number of hydrogen-bond acceptors (Lipinski definition) is 4. The average molecular weight is 290 g/mol. The molecule has 0 aliphatic carbocycles. The molecule has 114 valence electrons. The predicted octanol–water partition coefficient (Wildman–Crippen LogP) is 1.66. The van der Waals surface area contributed by atoms with Gasteiger partial charge in [0.2, 0.25) is 0 Å². The molecule has 0 amide bonds. The summed E-state index contributed by atoms with van der Waals surface area (Å²) in [4.78, 5) is 2.33. The van der Waals surface area contributed by atoms with Crippen molar-refractivity contribution in [2.75, 3.05) is 32.4 Å². The first kappa shape index (κ1) is 16.9. The van der Waals surface area contributed by atoms with Crippen LogP contribution in [-0.2, 0) is 9.84 Å². The molecule has 4 nitrogen and oxygen atoms in total. The van der Waals surface area contributed by atoms with Crippen LogP contribution >= 0.6 is 0 Å². The highest BCUT2D eigenvalue weighted by atomic mass is 32.2. The maximum atomic E-state index is 11.9. The lowest BCUT2D eigenvalue weighted by molar-refractivity contribution is 0.186. The van der Waals surface area contributed by atoms with Gasteiger partial charge in [-0.15, -0.1) is 0 Å². The summed E-state index contributed by atoms with van der Waals surface area (Å²) in [6, 6.07) is 0. The van der Waals surface area contributed by atoms with Gasteiger partial charge in [0.25, 0.3) is 0 Å². The molecule has 0 radical (unpaired) electrons. The Hall–Kier alpha value is -0.130. The molecule has 0 saturated carbocycles. The molecule has 1 heterocycles. The first-order valence-corrected chi connectivity index (χ1v) is 9.22. The summed E-state index contributed by atoms with van der Waals surface area (Å²) in [5.74, 6) is 0. The summed E-state index contributed by atoms with van der Waals surface area (Å²) in [5.41, 5.74) is 0.143. The zero-order chi connectivity index (χ0) is 14.7. The van der Waals surface area contributed by atoms with Crippen LogP contribution in [0.25, 0.3) is 0 Å². The highest BCUT2D eigenvalue weighted by Gasteiger charge is 2.36. The van der Waals surface area contributed by atoms with Gasteiger partial charge in [0.05, 0.1) is 4.75 Å². The third kappa shape index (κ3) is 4.17. The number of nitrogens with zero attached hydrogens (tertiary/aromatic N) is 1. The molecule has 1 saturated heterocycles. The van der Waals surface area contributed by atoms with Gasteiger partial charge in [-0.2, -0.15) is 0 Å². The SMILES string of the molecule is CCC1(CC)CN(CC(C)(C)S(C)(=O)=O)CCCN1. The van der Waals surface area contributed by atoms with Crippen molar-refractivity contribution in [2.24, 2.45) is 0 Å². The van der Waals surface area contributed by atoms with E-state index in [1.807, 2.05) is 13.8 Å². The van der Waals surface area contributed by atoms with Crippen molar-refractivity contribution in [1.82, 2.24) is 10.2 Å². The van der Waals surface area contributed by atoms with Crippen LogP contribution < -0.4 is 5.32 Å². The minimum Gasteiger partial charge on any atom is -0.310 e. The number of nitrogens with one attached hydrogen (secondary N) is 1. The van der Waals surface area contributed by atoms with E-state index < -0.39 is 14.6 Å². The van der Waals surface area contributed by atoms with Crippen LogP contribution in [0.15, 0.2) is 0 Å². The molecule has 0 bridgehead atoms. The molecule has 1 N–H and O–H groups in total. The van der Waals surface area contributed by atoms with Crippen molar-refractivity contribution >= 4 is 9.84 Å². The van der Waals surface area contributed by atoms with Crippen LogP contribution in [0.4, 0.5) is 0 Å². The first-order chi connectivity index (χ1) is 8.66. The van der Waals surface area contributed by atoms with E-state index in [2.05, 4.69) is 24.1 Å². The quantitative estimate of drug-likeness (QED) is 0.837. The zero-order valence-corrected chi connectivity index (χ0v) is 13.9. The molecule has 1 aliphatic rings. The van der Waals surface area contributed by atoms with Gasteiger partial charge in [-0.1, -0.05) is 13.8 Å². The largest absolute Gasteiger partial charge is 0.310 e. The van der Waals surface area contributed by atoms with E-state index in [-0.39, 0.29) is 5.54 Å². The maximum Gasteiger partial charge on any atom is 0.153 e. The molecule has 1 fully saturated rings. The van der Waals surface area contributed by atoms with E-state index in [1.54, 1.807) is 0 Å². The number of sulfone groups is 1. The maximum absolute atomic E-state index is 11.9. The van der Waals surface area contributed by atoms with Crippen molar-refractivity contribution in [1.29, 1.82) is 0 Å². The van der Waals surface area contributed by atoms with Gasteiger partial charge in [-0.3, -0.25) is 4.90 Å². The third-order valence-corrected chi connectivity index (χ3v) is 6.78. The highest BCUT2D eigenvalue weighted by molar-refractivity contribution is 7.92. The summed E-state index contributed by atoms with van der Waals surface area (Å²) < 4.78 is 23.1. The fourth-order valence-corrected chi connectivity index (χ4v) is 3.15. The normalized spacial score (nSPS) is 22.2. The first-order valence-electron chi connectivity index (χ1n) is 7.33. The summed E-state index contributed by atoms with van der Waals surface area (Å²) in [6.07, 6.45) is 4.59. The average Bonchev–Trinajstić information content (AvgIpc) is 2.50. The second-order valence-electron chi connectivity index (χ2n) is 6.51. The second kappa shape index (κ2) is 6.10. The van der Waals surface area contributed by atoms with Gasteiger partial charge < -0.3 is 5.32 Å². The topological polar surface area (TPSA) is 49.4 Å². The van der Waals surface area contributed by atoms with Crippen molar-refractivity contribution in [2.45, 2.75) is 57.2 Å². The van der Waals surface area contributed by atoms with Crippen LogP contribution in [0, 0.1) is 0 Å². The van der Waals surface area contributed by atoms with Gasteiger partial charge >= 0.3 is 0 Å².